The molecular weight excluding hydrogens is 253 g/mol. The van der Waals surface area contributed by atoms with Crippen molar-refractivity contribution in [2.24, 2.45) is 0 Å². The summed E-state index contributed by atoms with van der Waals surface area (Å²) in [6.07, 6.45) is 0. The average molecular weight is 264 g/mol. The first kappa shape index (κ1) is 11.8. The Morgan fingerprint density at radius 3 is 2.81 bits per heavy atom. The van der Waals surface area contributed by atoms with E-state index in [4.69, 9.17) is 11.6 Å². The molecule has 1 aliphatic heterocycles. The zero-order valence-corrected chi connectivity index (χ0v) is 9.98. The van der Waals surface area contributed by atoms with Crippen molar-refractivity contribution < 1.29 is 12.8 Å². The lowest BCUT2D eigenvalue weighted by molar-refractivity contribution is 0.537. The number of benzene rings is 1. The molecule has 2 rings (SSSR count). The molecule has 1 saturated heterocycles. The van der Waals surface area contributed by atoms with Gasteiger partial charge in [0.2, 0.25) is 0 Å². The first-order chi connectivity index (χ1) is 7.52. The third kappa shape index (κ3) is 2.07. The van der Waals surface area contributed by atoms with Gasteiger partial charge in [-0.05, 0) is 12.1 Å². The second kappa shape index (κ2) is 4.31. The Kier molecular flexibility index (Phi) is 3.19. The van der Waals surface area contributed by atoms with Gasteiger partial charge in [0.15, 0.2) is 9.84 Å². The third-order valence-corrected chi connectivity index (χ3v) is 5.02. The Bertz CT molecular complexity index is 483. The molecule has 0 amide bonds. The molecule has 1 fully saturated rings. The van der Waals surface area contributed by atoms with E-state index in [-0.39, 0.29) is 22.9 Å². The predicted molar refractivity (Wildman–Crippen MR) is 60.8 cm³/mol. The summed E-state index contributed by atoms with van der Waals surface area (Å²) < 4.78 is 37.2. The molecular formula is C10H11ClFNO2S. The highest BCUT2D eigenvalue weighted by molar-refractivity contribution is 7.91. The van der Waals surface area contributed by atoms with Crippen LogP contribution in [0.5, 0.6) is 0 Å². The monoisotopic (exact) mass is 263 g/mol. The molecule has 0 bridgehead atoms. The van der Waals surface area contributed by atoms with Crippen LogP contribution in [-0.4, -0.2) is 27.3 Å². The molecule has 16 heavy (non-hydrogen) atoms. The summed E-state index contributed by atoms with van der Waals surface area (Å²) in [6, 6.07) is 4.19. The maximum absolute atomic E-state index is 13.6. The van der Waals surface area contributed by atoms with Gasteiger partial charge in [-0.3, -0.25) is 0 Å². The summed E-state index contributed by atoms with van der Waals surface area (Å²) in [7, 11) is -3.31. The van der Waals surface area contributed by atoms with Crippen molar-refractivity contribution in [2.45, 2.75) is 5.25 Å². The van der Waals surface area contributed by atoms with Crippen molar-refractivity contribution in [3.63, 3.8) is 0 Å². The molecule has 1 aromatic carbocycles. The highest BCUT2D eigenvalue weighted by atomic mass is 35.5. The van der Waals surface area contributed by atoms with Crippen LogP contribution < -0.4 is 5.32 Å². The molecule has 1 aromatic rings. The van der Waals surface area contributed by atoms with Crippen molar-refractivity contribution in [1.82, 2.24) is 5.32 Å². The molecule has 1 heterocycles. The molecule has 1 N–H and O–H groups in total. The van der Waals surface area contributed by atoms with Crippen LogP contribution >= 0.6 is 11.6 Å². The van der Waals surface area contributed by atoms with Crippen LogP contribution in [0.15, 0.2) is 18.2 Å². The molecule has 1 aliphatic rings. The van der Waals surface area contributed by atoms with Gasteiger partial charge in [-0.2, -0.15) is 0 Å². The second-order valence-electron chi connectivity index (χ2n) is 3.70. The van der Waals surface area contributed by atoms with Crippen LogP contribution in [0.1, 0.15) is 10.8 Å². The summed E-state index contributed by atoms with van der Waals surface area (Å²) in [5.74, 6) is -0.549. The fourth-order valence-electron chi connectivity index (χ4n) is 1.82. The minimum Gasteiger partial charge on any atom is -0.314 e. The van der Waals surface area contributed by atoms with E-state index in [1.807, 2.05) is 0 Å². The lowest BCUT2D eigenvalue weighted by Crippen LogP contribution is -2.39. The first-order valence-corrected chi connectivity index (χ1v) is 6.98. The van der Waals surface area contributed by atoms with Crippen molar-refractivity contribution in [3.8, 4) is 0 Å². The molecule has 0 saturated carbocycles. The summed E-state index contributed by atoms with van der Waals surface area (Å²) in [4.78, 5) is 0. The van der Waals surface area contributed by atoms with Crippen molar-refractivity contribution >= 4 is 21.4 Å². The van der Waals surface area contributed by atoms with Crippen molar-refractivity contribution in [1.29, 1.82) is 0 Å². The molecule has 0 spiro atoms. The zero-order valence-electron chi connectivity index (χ0n) is 8.41. The van der Waals surface area contributed by atoms with Gasteiger partial charge in [0.1, 0.15) is 11.1 Å². The summed E-state index contributed by atoms with van der Waals surface area (Å²) in [6.45, 7) is 0.619. The quantitative estimate of drug-likeness (QED) is 0.836. The van der Waals surface area contributed by atoms with E-state index in [0.717, 1.165) is 0 Å². The smallest absolute Gasteiger partial charge is 0.159 e. The maximum Gasteiger partial charge on any atom is 0.159 e. The minimum atomic E-state index is -3.31. The number of nitrogens with one attached hydrogen (secondary N) is 1. The van der Waals surface area contributed by atoms with E-state index in [1.54, 1.807) is 0 Å². The summed E-state index contributed by atoms with van der Waals surface area (Å²) in [5.41, 5.74) is 0.0800. The molecule has 1 unspecified atom stereocenters. The third-order valence-electron chi connectivity index (χ3n) is 2.65. The number of halogens is 2. The van der Waals surface area contributed by atoms with Gasteiger partial charge in [0.05, 0.1) is 5.75 Å². The number of hydrogen-bond donors (Lipinski definition) is 1. The van der Waals surface area contributed by atoms with Crippen LogP contribution in [0.4, 0.5) is 4.39 Å². The summed E-state index contributed by atoms with van der Waals surface area (Å²) in [5, 5.41) is 2.22. The predicted octanol–water partition coefficient (Wildman–Crippen LogP) is 1.54. The van der Waals surface area contributed by atoms with Gasteiger partial charge in [-0.25, -0.2) is 12.8 Å². The Hall–Kier alpha value is -0.650. The van der Waals surface area contributed by atoms with Crippen LogP contribution in [-0.2, 0) is 9.84 Å². The number of rotatable bonds is 1. The lowest BCUT2D eigenvalue weighted by Gasteiger charge is -2.24. The van der Waals surface area contributed by atoms with Crippen LogP contribution in [0.25, 0.3) is 0 Å². The number of sulfone groups is 1. The molecule has 3 nitrogen and oxygen atoms in total. The van der Waals surface area contributed by atoms with Crippen molar-refractivity contribution in [2.75, 3.05) is 18.8 Å². The standard InChI is InChI=1S/C10H11ClFNO2S/c11-7-2-1-3-8(12)10(7)9-6-13-4-5-16(9,14)15/h1-3,9,13H,4-6H2. The van der Waals surface area contributed by atoms with Crippen LogP contribution in [0.3, 0.4) is 0 Å². The number of hydrogen-bond acceptors (Lipinski definition) is 3. The molecule has 0 radical (unpaired) electrons. The van der Waals surface area contributed by atoms with Gasteiger partial charge >= 0.3 is 0 Å². The Labute approximate surface area is 98.5 Å². The van der Waals surface area contributed by atoms with Crippen molar-refractivity contribution in [3.05, 3.63) is 34.6 Å². The highest BCUT2D eigenvalue weighted by Gasteiger charge is 2.33. The Balaban J connectivity index is 2.51. The van der Waals surface area contributed by atoms with Gasteiger partial charge < -0.3 is 5.32 Å². The van der Waals surface area contributed by atoms with Gasteiger partial charge in [-0.1, -0.05) is 17.7 Å². The maximum atomic E-state index is 13.6. The fraction of sp³-hybridized carbons (Fsp3) is 0.400. The minimum absolute atomic E-state index is 0.0162. The molecule has 1 atom stereocenters. The molecule has 88 valence electrons. The first-order valence-electron chi connectivity index (χ1n) is 4.88. The average Bonchev–Trinajstić information content (AvgIpc) is 2.19. The fourth-order valence-corrected chi connectivity index (χ4v) is 3.86. The summed E-state index contributed by atoms with van der Waals surface area (Å²) >= 11 is 5.86. The van der Waals surface area contributed by atoms with Gasteiger partial charge in [0, 0.05) is 23.7 Å². The molecule has 6 heteroatoms. The second-order valence-corrected chi connectivity index (χ2v) is 6.41. The van der Waals surface area contributed by atoms with Gasteiger partial charge in [-0.15, -0.1) is 0 Å². The van der Waals surface area contributed by atoms with Crippen LogP contribution in [0.2, 0.25) is 5.02 Å². The van der Waals surface area contributed by atoms with E-state index >= 15 is 0 Å². The Morgan fingerprint density at radius 2 is 2.19 bits per heavy atom. The lowest BCUT2D eigenvalue weighted by atomic mass is 10.1. The Morgan fingerprint density at radius 1 is 1.44 bits per heavy atom. The SMILES string of the molecule is O=S1(=O)CCNCC1c1c(F)cccc1Cl. The highest BCUT2D eigenvalue weighted by Crippen LogP contribution is 2.32. The van der Waals surface area contributed by atoms with E-state index in [1.165, 1.54) is 18.2 Å². The zero-order chi connectivity index (χ0) is 11.8. The van der Waals surface area contributed by atoms with E-state index < -0.39 is 20.9 Å². The van der Waals surface area contributed by atoms with Crippen LogP contribution in [0, 0.1) is 5.82 Å². The largest absolute Gasteiger partial charge is 0.314 e. The van der Waals surface area contributed by atoms with E-state index in [0.29, 0.717) is 6.54 Å². The normalized spacial score (nSPS) is 24.2. The van der Waals surface area contributed by atoms with Gasteiger partial charge in [0.25, 0.3) is 0 Å². The topological polar surface area (TPSA) is 46.2 Å². The molecule has 0 aromatic heterocycles. The van der Waals surface area contributed by atoms with E-state index in [2.05, 4.69) is 5.32 Å². The molecule has 0 aliphatic carbocycles. The van der Waals surface area contributed by atoms with E-state index in [9.17, 15) is 12.8 Å².